The first-order chi connectivity index (χ1) is 6.60. The third-order valence-electron chi connectivity index (χ3n) is 1.60. The minimum atomic E-state index is -0.508. The molecule has 0 bridgehead atoms. The lowest BCUT2D eigenvalue weighted by Crippen LogP contribution is -2.11. The number of carbonyl (C=O) groups is 1. The van der Waals surface area contributed by atoms with Crippen molar-refractivity contribution < 1.29 is 9.53 Å². The molecule has 0 aliphatic carbocycles. The van der Waals surface area contributed by atoms with Crippen molar-refractivity contribution >= 4 is 23.5 Å². The average Bonchev–Trinajstić information content (AvgIpc) is 2.15. The molecule has 0 saturated carbocycles. The second-order valence-corrected chi connectivity index (χ2v) is 3.33. The zero-order valence-electron chi connectivity index (χ0n) is 8.20. The highest BCUT2D eigenvalue weighted by Crippen LogP contribution is 2.22. The maximum atomic E-state index is 11.3. The molecule has 5 nitrogen and oxygen atoms in total. The van der Waals surface area contributed by atoms with Crippen LogP contribution < -0.4 is 5.73 Å². The number of ether oxygens (including phenoxy) is 1. The van der Waals surface area contributed by atoms with Crippen LogP contribution >= 0.6 is 11.8 Å². The van der Waals surface area contributed by atoms with E-state index in [-0.39, 0.29) is 11.4 Å². The summed E-state index contributed by atoms with van der Waals surface area (Å²) in [7, 11) is 1.30. The number of aromatic nitrogens is 2. The summed E-state index contributed by atoms with van der Waals surface area (Å²) in [6.45, 7) is 1.72. The molecule has 1 rings (SSSR count). The van der Waals surface area contributed by atoms with Crippen LogP contribution in [0, 0.1) is 6.92 Å². The van der Waals surface area contributed by atoms with Crippen LogP contribution in [0.25, 0.3) is 0 Å². The van der Waals surface area contributed by atoms with Crippen LogP contribution in [0.15, 0.2) is 5.03 Å². The quantitative estimate of drug-likeness (QED) is 0.446. The average molecular weight is 213 g/mol. The normalized spacial score (nSPS) is 9.93. The molecule has 1 aromatic rings. The third kappa shape index (κ3) is 1.95. The van der Waals surface area contributed by atoms with E-state index >= 15 is 0 Å². The number of hydrogen-bond donors (Lipinski definition) is 1. The highest BCUT2D eigenvalue weighted by molar-refractivity contribution is 7.98. The molecule has 1 aromatic heterocycles. The predicted molar refractivity (Wildman–Crippen MR) is 54.3 cm³/mol. The van der Waals surface area contributed by atoms with Crippen molar-refractivity contribution in [2.24, 2.45) is 0 Å². The van der Waals surface area contributed by atoms with Gasteiger partial charge < -0.3 is 10.5 Å². The van der Waals surface area contributed by atoms with Gasteiger partial charge in [0.2, 0.25) is 0 Å². The van der Waals surface area contributed by atoms with Gasteiger partial charge in [-0.15, -0.1) is 11.8 Å². The molecule has 6 heteroatoms. The van der Waals surface area contributed by atoms with Gasteiger partial charge in [0.15, 0.2) is 0 Å². The number of nitrogens with two attached hydrogens (primary N) is 1. The Kier molecular flexibility index (Phi) is 3.29. The van der Waals surface area contributed by atoms with Crippen molar-refractivity contribution in [2.45, 2.75) is 11.9 Å². The highest BCUT2D eigenvalue weighted by Gasteiger charge is 2.18. The zero-order valence-corrected chi connectivity index (χ0v) is 9.01. The standard InChI is InChI=1S/C8H11N3O2S/c1-4-10-6(9)5(8(12)13-2)7(11-4)14-3/h1-3H3,(H2,9,10,11). The van der Waals surface area contributed by atoms with E-state index in [1.165, 1.54) is 18.9 Å². The van der Waals surface area contributed by atoms with Crippen LogP contribution in [0.2, 0.25) is 0 Å². The number of esters is 1. The van der Waals surface area contributed by atoms with Crippen LogP contribution in [0.5, 0.6) is 0 Å². The monoisotopic (exact) mass is 213 g/mol. The summed E-state index contributed by atoms with van der Waals surface area (Å²) in [5.41, 5.74) is 5.85. The Balaban J connectivity index is 3.32. The van der Waals surface area contributed by atoms with Crippen molar-refractivity contribution in [1.82, 2.24) is 9.97 Å². The van der Waals surface area contributed by atoms with Crippen molar-refractivity contribution in [1.29, 1.82) is 0 Å². The van der Waals surface area contributed by atoms with E-state index in [1.54, 1.807) is 6.92 Å². The smallest absolute Gasteiger partial charge is 0.344 e. The van der Waals surface area contributed by atoms with Gasteiger partial charge in [-0.3, -0.25) is 0 Å². The molecule has 0 radical (unpaired) electrons. The molecule has 0 saturated heterocycles. The van der Waals surface area contributed by atoms with Gasteiger partial charge in [0.25, 0.3) is 0 Å². The number of anilines is 1. The van der Waals surface area contributed by atoms with Gasteiger partial charge in [0, 0.05) is 0 Å². The van der Waals surface area contributed by atoms with Crippen LogP contribution in [-0.2, 0) is 4.74 Å². The number of carbonyl (C=O) groups excluding carboxylic acids is 1. The lowest BCUT2D eigenvalue weighted by molar-refractivity contribution is 0.0596. The number of hydrogen-bond acceptors (Lipinski definition) is 6. The van der Waals surface area contributed by atoms with Gasteiger partial charge in [-0.05, 0) is 13.2 Å². The highest BCUT2D eigenvalue weighted by atomic mass is 32.2. The molecule has 0 unspecified atom stereocenters. The second kappa shape index (κ2) is 4.28. The molecule has 0 fully saturated rings. The summed E-state index contributed by atoms with van der Waals surface area (Å²) in [5, 5.41) is 0.543. The van der Waals surface area contributed by atoms with Crippen LogP contribution in [0.3, 0.4) is 0 Å². The zero-order chi connectivity index (χ0) is 10.7. The SMILES string of the molecule is COC(=O)c1c(N)nc(C)nc1SC. The van der Waals surface area contributed by atoms with Crippen molar-refractivity contribution in [3.8, 4) is 0 Å². The van der Waals surface area contributed by atoms with Crippen LogP contribution in [0.4, 0.5) is 5.82 Å². The van der Waals surface area contributed by atoms with E-state index in [0.29, 0.717) is 10.9 Å². The second-order valence-electron chi connectivity index (χ2n) is 2.53. The molecular formula is C8H11N3O2S. The van der Waals surface area contributed by atoms with Crippen molar-refractivity contribution in [3.05, 3.63) is 11.4 Å². The number of aryl methyl sites for hydroxylation is 1. The minimum Gasteiger partial charge on any atom is -0.465 e. The number of methoxy groups -OCH3 is 1. The Labute approximate surface area is 86.1 Å². The summed E-state index contributed by atoms with van der Waals surface area (Å²) in [6.07, 6.45) is 1.81. The minimum absolute atomic E-state index is 0.161. The first kappa shape index (κ1) is 10.8. The lowest BCUT2D eigenvalue weighted by Gasteiger charge is -2.07. The molecule has 0 aliphatic rings. The van der Waals surface area contributed by atoms with Gasteiger partial charge in [-0.25, -0.2) is 14.8 Å². The Bertz CT molecular complexity index is 368. The topological polar surface area (TPSA) is 78.1 Å². The fourth-order valence-electron chi connectivity index (χ4n) is 1.01. The molecule has 0 amide bonds. The first-order valence-corrected chi connectivity index (χ1v) is 5.09. The summed E-state index contributed by atoms with van der Waals surface area (Å²) >= 11 is 1.34. The Morgan fingerprint density at radius 1 is 1.50 bits per heavy atom. The maximum absolute atomic E-state index is 11.3. The predicted octanol–water partition coefficient (Wildman–Crippen LogP) is 0.876. The van der Waals surface area contributed by atoms with Gasteiger partial charge in [-0.2, -0.15) is 0 Å². The Morgan fingerprint density at radius 2 is 2.14 bits per heavy atom. The molecule has 0 aromatic carbocycles. The van der Waals surface area contributed by atoms with Crippen molar-refractivity contribution in [3.63, 3.8) is 0 Å². The number of thioether (sulfide) groups is 1. The molecule has 76 valence electrons. The molecular weight excluding hydrogens is 202 g/mol. The molecule has 0 spiro atoms. The van der Waals surface area contributed by atoms with Gasteiger partial charge >= 0.3 is 5.97 Å². The largest absolute Gasteiger partial charge is 0.465 e. The molecule has 2 N–H and O–H groups in total. The first-order valence-electron chi connectivity index (χ1n) is 3.86. The third-order valence-corrected chi connectivity index (χ3v) is 2.28. The van der Waals surface area contributed by atoms with Gasteiger partial charge in [0.05, 0.1) is 7.11 Å². The molecule has 1 heterocycles. The van der Waals surface area contributed by atoms with Gasteiger partial charge in [-0.1, -0.05) is 0 Å². The van der Waals surface area contributed by atoms with E-state index in [0.717, 1.165) is 0 Å². The van der Waals surface area contributed by atoms with Crippen LogP contribution in [-0.4, -0.2) is 29.3 Å². The van der Waals surface area contributed by atoms with E-state index in [1.807, 2.05) is 6.26 Å². The summed E-state index contributed by atoms with van der Waals surface area (Å²) in [4.78, 5) is 19.3. The Hall–Kier alpha value is -1.30. The van der Waals surface area contributed by atoms with Gasteiger partial charge in [0.1, 0.15) is 22.2 Å². The van der Waals surface area contributed by atoms with E-state index in [2.05, 4.69) is 14.7 Å². The lowest BCUT2D eigenvalue weighted by atomic mass is 10.3. The number of rotatable bonds is 2. The number of nitrogen functional groups attached to an aromatic ring is 1. The molecule has 0 aliphatic heterocycles. The van der Waals surface area contributed by atoms with E-state index in [4.69, 9.17) is 5.73 Å². The summed E-state index contributed by atoms with van der Waals surface area (Å²) in [6, 6.07) is 0. The fraction of sp³-hybridized carbons (Fsp3) is 0.375. The maximum Gasteiger partial charge on any atom is 0.344 e. The number of nitrogens with zero attached hydrogens (tertiary/aromatic N) is 2. The van der Waals surface area contributed by atoms with E-state index in [9.17, 15) is 4.79 Å². The Morgan fingerprint density at radius 3 is 2.64 bits per heavy atom. The summed E-state index contributed by atoms with van der Waals surface area (Å²) in [5.74, 6) is 0.194. The summed E-state index contributed by atoms with van der Waals surface area (Å²) < 4.78 is 4.59. The molecule has 0 atom stereocenters. The van der Waals surface area contributed by atoms with Crippen molar-refractivity contribution in [2.75, 3.05) is 19.1 Å². The molecule has 14 heavy (non-hydrogen) atoms. The van der Waals surface area contributed by atoms with Crippen LogP contribution in [0.1, 0.15) is 16.2 Å². The van der Waals surface area contributed by atoms with E-state index < -0.39 is 5.97 Å². The fourth-order valence-corrected chi connectivity index (χ4v) is 1.62.